The minimum absolute atomic E-state index is 0.00574. The number of phosphoric ester groups is 1. The molecule has 2 aliphatic heterocycles. The van der Waals surface area contributed by atoms with Gasteiger partial charge in [-0.25, -0.2) is 24.5 Å². The zero-order valence-electron chi connectivity index (χ0n) is 22.7. The van der Waals surface area contributed by atoms with E-state index in [4.69, 9.17) is 34.5 Å². The minimum atomic E-state index is -5.01. The largest absolute Gasteiger partial charge is 0.472 e. The van der Waals surface area contributed by atoms with Crippen LogP contribution in [0.4, 0.5) is 11.8 Å². The highest BCUT2D eigenvalue weighted by Crippen LogP contribution is 2.54. The number of phosphoric acid groups is 1. The number of nitrogens with two attached hydrogens (primary N) is 2. The van der Waals surface area contributed by atoms with Gasteiger partial charge in [0.15, 0.2) is 47.6 Å². The van der Waals surface area contributed by atoms with Gasteiger partial charge >= 0.3 is 15.4 Å². The number of aliphatic hydroxyl groups excluding tert-OH is 2. The van der Waals surface area contributed by atoms with E-state index in [9.17, 15) is 33.9 Å². The van der Waals surface area contributed by atoms with Crippen molar-refractivity contribution in [3.63, 3.8) is 0 Å². The molecule has 4 aromatic rings. The number of nitrogens with one attached hydrogen (secondary N) is 1. The van der Waals surface area contributed by atoms with Crippen molar-refractivity contribution in [1.82, 2.24) is 39.0 Å². The summed E-state index contributed by atoms with van der Waals surface area (Å²) in [4.78, 5) is 56.2. The molecular weight excluding hydrogens is 646 g/mol. The number of aromatic amines is 1. The van der Waals surface area contributed by atoms with Crippen LogP contribution in [0.2, 0.25) is 0 Å². The number of ether oxygens (including phenoxy) is 2. The first-order chi connectivity index (χ1) is 21.3. The molecule has 0 spiro atoms. The van der Waals surface area contributed by atoms with Gasteiger partial charge < -0.3 is 45.5 Å². The number of imidazole rings is 2. The molecule has 24 heteroatoms. The molecule has 242 valence electrons. The van der Waals surface area contributed by atoms with E-state index in [2.05, 4.69) is 29.9 Å². The summed E-state index contributed by atoms with van der Waals surface area (Å²) in [7, 11) is -9.77. The van der Waals surface area contributed by atoms with E-state index in [1.54, 1.807) is 0 Å². The highest BCUT2D eigenvalue weighted by atomic mass is 31.2. The van der Waals surface area contributed by atoms with Gasteiger partial charge in [0.2, 0.25) is 5.95 Å². The van der Waals surface area contributed by atoms with Gasteiger partial charge in [-0.2, -0.15) is 4.98 Å². The second-order valence-electron chi connectivity index (χ2n) is 10.6. The molecule has 0 amide bonds. The topological polar surface area (TPSA) is 320 Å². The Hall–Kier alpha value is -3.40. The maximum absolute atomic E-state index is 13.3. The van der Waals surface area contributed by atoms with Crippen LogP contribution in [-0.4, -0.2) is 103 Å². The second-order valence-corrected chi connectivity index (χ2v) is 13.8. The molecule has 7 rings (SSSR count). The van der Waals surface area contributed by atoms with E-state index in [-0.39, 0.29) is 40.5 Å². The molecule has 2 bridgehead atoms. The van der Waals surface area contributed by atoms with Gasteiger partial charge in [0.1, 0.15) is 24.1 Å². The maximum Gasteiger partial charge on any atom is 0.472 e. The summed E-state index contributed by atoms with van der Waals surface area (Å²) in [6, 6.07) is -0.972. The first kappa shape index (κ1) is 30.3. The third kappa shape index (κ3) is 5.32. The maximum atomic E-state index is 13.3. The monoisotopic (exact) mass is 672 g/mol. The van der Waals surface area contributed by atoms with Gasteiger partial charge in [-0.3, -0.25) is 32.5 Å². The van der Waals surface area contributed by atoms with E-state index in [1.165, 1.54) is 21.8 Å². The first-order valence-electron chi connectivity index (χ1n) is 13.3. The molecule has 10 atom stereocenters. The fraction of sp³-hybridized carbons (Fsp3) is 0.524. The summed E-state index contributed by atoms with van der Waals surface area (Å²) in [6.07, 6.45) is -7.04. The van der Waals surface area contributed by atoms with Crippen LogP contribution in [0.25, 0.3) is 22.3 Å². The number of aliphatic hydroxyl groups is 2. The quantitative estimate of drug-likeness (QED) is 0.117. The van der Waals surface area contributed by atoms with Crippen molar-refractivity contribution < 1.29 is 52.2 Å². The fourth-order valence-corrected chi connectivity index (χ4v) is 7.76. The van der Waals surface area contributed by atoms with Crippen LogP contribution < -0.4 is 17.0 Å². The first-order valence-corrected chi connectivity index (χ1v) is 16.5. The molecule has 2 saturated heterocycles. The number of H-pyrrole nitrogens is 1. The predicted octanol–water partition coefficient (Wildman–Crippen LogP) is -1.68. The van der Waals surface area contributed by atoms with E-state index in [0.29, 0.717) is 0 Å². The second kappa shape index (κ2) is 10.9. The predicted molar refractivity (Wildman–Crippen MR) is 147 cm³/mol. The summed E-state index contributed by atoms with van der Waals surface area (Å²) in [5.41, 5.74) is 11.1. The van der Waals surface area contributed by atoms with Crippen molar-refractivity contribution in [2.75, 3.05) is 24.4 Å². The SMILES string of the molecule is Nc1nc2c(ncn2[C@@H]2C[C@@H]3COP(=O)(O)O[C@@H]4[C@@H](OCP(=O)(O)O[C@@H]2[C@@H]3O)O[C@@H](n2cnc3c(N)ncnc32)[C@@H]4O)c(=O)[nH]1. The van der Waals surface area contributed by atoms with Gasteiger partial charge in [-0.15, -0.1) is 0 Å². The number of aromatic nitrogens is 8. The van der Waals surface area contributed by atoms with Crippen LogP contribution in [0.5, 0.6) is 0 Å². The lowest BCUT2D eigenvalue weighted by atomic mass is 10.1. The van der Waals surface area contributed by atoms with Gasteiger partial charge in [0.25, 0.3) is 5.56 Å². The zero-order valence-corrected chi connectivity index (χ0v) is 24.5. The van der Waals surface area contributed by atoms with Crippen LogP contribution in [0.15, 0.2) is 23.8 Å². The van der Waals surface area contributed by atoms with Crippen LogP contribution >= 0.6 is 15.4 Å². The molecule has 0 radical (unpaired) electrons. The van der Waals surface area contributed by atoms with Crippen LogP contribution in [0, 0.1) is 5.92 Å². The lowest BCUT2D eigenvalue weighted by Crippen LogP contribution is -2.35. The number of nitrogen functional groups attached to an aromatic ring is 2. The van der Waals surface area contributed by atoms with Crippen LogP contribution in [0.1, 0.15) is 18.7 Å². The Balaban J connectivity index is 1.21. The third-order valence-electron chi connectivity index (χ3n) is 7.78. The Bertz CT molecular complexity index is 1940. The summed E-state index contributed by atoms with van der Waals surface area (Å²) >= 11 is 0. The number of rotatable bonds is 2. The number of fused-ring (bicyclic) bond motifs is 5. The summed E-state index contributed by atoms with van der Waals surface area (Å²) in [5, 5.41) is 22.3. The minimum Gasteiger partial charge on any atom is -0.390 e. The van der Waals surface area contributed by atoms with E-state index < -0.39 is 82.8 Å². The Morgan fingerprint density at radius 1 is 0.956 bits per heavy atom. The molecule has 6 heterocycles. The Kier molecular flexibility index (Phi) is 7.30. The van der Waals surface area contributed by atoms with Crippen molar-refractivity contribution in [1.29, 1.82) is 0 Å². The molecule has 4 aromatic heterocycles. The molecule has 1 aliphatic carbocycles. The Morgan fingerprint density at radius 2 is 1.71 bits per heavy atom. The highest BCUT2D eigenvalue weighted by molar-refractivity contribution is 7.52. The van der Waals surface area contributed by atoms with Gasteiger partial charge in [-0.1, -0.05) is 0 Å². The third-order valence-corrected chi connectivity index (χ3v) is 9.81. The summed E-state index contributed by atoms with van der Waals surface area (Å²) < 4.78 is 56.3. The molecule has 3 aliphatic rings. The van der Waals surface area contributed by atoms with E-state index in [1.807, 2.05) is 0 Å². The number of hydrogen-bond donors (Lipinski definition) is 7. The molecule has 22 nitrogen and oxygen atoms in total. The lowest BCUT2D eigenvalue weighted by Gasteiger charge is -2.27. The summed E-state index contributed by atoms with van der Waals surface area (Å²) in [6.45, 7) is -0.592. The number of anilines is 2. The van der Waals surface area contributed by atoms with E-state index in [0.717, 1.165) is 6.33 Å². The lowest BCUT2D eigenvalue weighted by molar-refractivity contribution is -0.166. The fourth-order valence-electron chi connectivity index (χ4n) is 5.75. The van der Waals surface area contributed by atoms with Crippen molar-refractivity contribution >= 4 is 49.5 Å². The van der Waals surface area contributed by atoms with Gasteiger partial charge in [-0.05, 0) is 6.42 Å². The standard InChI is InChI=1S/C21H26N10O12P2/c22-15-9-16(25-3-24-15)31(5-26-9)19-12(33)14-20(41-19)39-6-44(35,36)42-13-8(1-7(11(13)32)2-40-45(37,38)43-14)30-4-27-10-17(30)28-21(23)29-18(10)34/h3-5,7-8,11-14,19-20,32-33H,1-2,6H2,(H,35,36)(H,37,38)(H2,22,24,25)(H3,23,28,29,34)/t7-,8-,11-,12-,13+,14+,19-,20+/m1/s1. The zero-order chi connectivity index (χ0) is 31.8. The van der Waals surface area contributed by atoms with Crippen molar-refractivity contribution in [3.8, 4) is 0 Å². The normalized spacial score (nSPS) is 37.7. The average Bonchev–Trinajstić information content (AvgIpc) is 3.72. The van der Waals surface area contributed by atoms with Crippen LogP contribution in [-0.2, 0) is 32.2 Å². The molecular formula is C21H26N10O12P2. The molecule has 9 N–H and O–H groups in total. The molecule has 3 fully saturated rings. The van der Waals surface area contributed by atoms with Crippen molar-refractivity contribution in [2.45, 2.75) is 49.4 Å². The molecule has 2 unspecified atom stereocenters. The number of hydrogen-bond acceptors (Lipinski definition) is 17. The van der Waals surface area contributed by atoms with E-state index >= 15 is 0 Å². The van der Waals surface area contributed by atoms with Crippen molar-refractivity contribution in [2.24, 2.45) is 5.92 Å². The average molecular weight is 672 g/mol. The Morgan fingerprint density at radius 3 is 2.51 bits per heavy atom. The number of nitrogens with zero attached hydrogens (tertiary/aromatic N) is 7. The van der Waals surface area contributed by atoms with Crippen LogP contribution in [0.3, 0.4) is 0 Å². The summed E-state index contributed by atoms with van der Waals surface area (Å²) in [5.74, 6) is -1.14. The smallest absolute Gasteiger partial charge is 0.390 e. The van der Waals surface area contributed by atoms with Gasteiger partial charge in [0.05, 0.1) is 31.4 Å². The Labute approximate surface area is 250 Å². The molecule has 0 aromatic carbocycles. The highest BCUT2D eigenvalue weighted by Gasteiger charge is 2.53. The van der Waals surface area contributed by atoms with Crippen molar-refractivity contribution in [3.05, 3.63) is 29.3 Å². The van der Waals surface area contributed by atoms with Gasteiger partial charge in [0, 0.05) is 5.92 Å². The molecule has 1 saturated carbocycles. The molecule has 45 heavy (non-hydrogen) atoms.